The zero-order chi connectivity index (χ0) is 33.6. The monoisotopic (exact) mass is 650 g/mol. The van der Waals surface area contributed by atoms with E-state index in [1.807, 2.05) is 76.9 Å². The van der Waals surface area contributed by atoms with Gasteiger partial charge in [0.2, 0.25) is 15.9 Å². The van der Waals surface area contributed by atoms with Crippen LogP contribution >= 0.6 is 0 Å². The number of fused-ring (bicyclic) bond motifs is 2. The van der Waals surface area contributed by atoms with Gasteiger partial charge in [0.05, 0.1) is 36.5 Å². The minimum Gasteiger partial charge on any atom is -0.492 e. The molecule has 2 atom stereocenters. The molecule has 12 heteroatoms. The van der Waals surface area contributed by atoms with Crippen LogP contribution in [0.1, 0.15) is 58.8 Å². The lowest BCUT2D eigenvalue weighted by atomic mass is 9.86. The van der Waals surface area contributed by atoms with Crippen molar-refractivity contribution in [2.45, 2.75) is 58.9 Å². The lowest BCUT2D eigenvalue weighted by Crippen LogP contribution is -2.42. The third kappa shape index (κ3) is 8.35. The standard InChI is InChI=1S/C32H40N6O5S.C2H6/c1-32(2,3)22-18-23(29(42-5)24(19-22)37-44(6,40)41)35-31(39)26-17-20-8-7-9-27(25(16-20)38(26)4)43-28-12-15-34-30(36-28)21-10-13-33-14-11-21;1-2/h7-10,12,15,17-20,25,33,37H,11,13-14,16H2,1-6H3,(H,35,39);1-2H3. The number of likely N-dealkylation sites (N-methyl/N-ethyl adjacent to an activating group) is 1. The molecule has 3 heterocycles. The van der Waals surface area contributed by atoms with E-state index >= 15 is 0 Å². The van der Waals surface area contributed by atoms with Gasteiger partial charge >= 0.3 is 0 Å². The van der Waals surface area contributed by atoms with Gasteiger partial charge in [0, 0.05) is 25.9 Å². The fraction of sp³-hybridized carbons (Fsp3) is 0.441. The third-order valence-electron chi connectivity index (χ3n) is 7.80. The molecular formula is C34H46N6O5S. The Morgan fingerprint density at radius 1 is 1.17 bits per heavy atom. The number of methoxy groups -OCH3 is 1. The van der Waals surface area contributed by atoms with Gasteiger partial charge in [-0.3, -0.25) is 9.52 Å². The van der Waals surface area contributed by atoms with Crippen molar-refractivity contribution < 1.29 is 22.7 Å². The topological polar surface area (TPSA) is 135 Å². The highest BCUT2D eigenvalue weighted by molar-refractivity contribution is 7.92. The molecule has 2 unspecified atom stereocenters. The maximum absolute atomic E-state index is 13.9. The van der Waals surface area contributed by atoms with Crippen LogP contribution in [0.5, 0.6) is 11.6 Å². The molecule has 248 valence electrons. The number of hydrogen-bond acceptors (Lipinski definition) is 9. The molecule has 3 N–H and O–H groups in total. The minimum absolute atomic E-state index is 0.000390. The van der Waals surface area contributed by atoms with Crippen molar-refractivity contribution in [3.63, 3.8) is 0 Å². The smallest absolute Gasteiger partial charge is 0.271 e. The van der Waals surface area contributed by atoms with Crippen molar-refractivity contribution in [1.29, 1.82) is 0 Å². The lowest BCUT2D eigenvalue weighted by molar-refractivity contribution is -0.114. The van der Waals surface area contributed by atoms with Crippen LogP contribution < -0.4 is 24.8 Å². The predicted octanol–water partition coefficient (Wildman–Crippen LogP) is 5.23. The van der Waals surface area contributed by atoms with Gasteiger partial charge in [0.15, 0.2) is 11.6 Å². The fourth-order valence-electron chi connectivity index (χ4n) is 5.49. The maximum atomic E-state index is 13.9. The molecule has 5 rings (SSSR count). The average Bonchev–Trinajstić information content (AvgIpc) is 3.18. The number of carbonyl (C=O) groups excluding carboxylic acids is 1. The summed E-state index contributed by atoms with van der Waals surface area (Å²) in [4.78, 5) is 24.9. The summed E-state index contributed by atoms with van der Waals surface area (Å²) in [6, 6.07) is 5.05. The second-order valence-corrected chi connectivity index (χ2v) is 14.0. The van der Waals surface area contributed by atoms with Crippen molar-refractivity contribution in [1.82, 2.24) is 20.2 Å². The number of hydrogen-bond donors (Lipinski definition) is 3. The summed E-state index contributed by atoms with van der Waals surface area (Å²) in [5.41, 5.74) is 2.65. The van der Waals surface area contributed by atoms with E-state index in [1.54, 1.807) is 18.3 Å². The zero-order valence-corrected chi connectivity index (χ0v) is 28.8. The first kappa shape index (κ1) is 34.7. The molecule has 1 aromatic heterocycles. The maximum Gasteiger partial charge on any atom is 0.271 e. The summed E-state index contributed by atoms with van der Waals surface area (Å²) in [6.07, 6.45) is 14.3. The molecule has 1 amide bonds. The molecular weight excluding hydrogens is 604 g/mol. The first-order valence-electron chi connectivity index (χ1n) is 15.6. The Bertz CT molecular complexity index is 1670. The van der Waals surface area contributed by atoms with Gasteiger partial charge < -0.3 is 25.0 Å². The Hall–Kier alpha value is -4.16. The molecule has 3 aliphatic rings. The van der Waals surface area contributed by atoms with E-state index in [9.17, 15) is 13.2 Å². The molecule has 0 saturated heterocycles. The molecule has 2 aromatic rings. The van der Waals surface area contributed by atoms with Crippen LogP contribution in [0, 0.1) is 5.92 Å². The van der Waals surface area contributed by atoms with Gasteiger partial charge in [-0.1, -0.05) is 52.8 Å². The Morgan fingerprint density at radius 3 is 2.57 bits per heavy atom. The molecule has 11 nitrogen and oxygen atoms in total. The molecule has 46 heavy (non-hydrogen) atoms. The highest BCUT2D eigenvalue weighted by Gasteiger charge is 2.34. The van der Waals surface area contributed by atoms with Crippen LogP contribution in [0.4, 0.5) is 11.4 Å². The van der Waals surface area contributed by atoms with Gasteiger partial charge in [-0.2, -0.15) is 4.98 Å². The summed E-state index contributed by atoms with van der Waals surface area (Å²) in [6.45, 7) is 11.7. The van der Waals surface area contributed by atoms with E-state index in [4.69, 9.17) is 9.47 Å². The number of anilines is 2. The molecule has 0 spiro atoms. The highest BCUT2D eigenvalue weighted by Crippen LogP contribution is 2.40. The Labute approximate surface area is 272 Å². The van der Waals surface area contributed by atoms with Gasteiger partial charge in [-0.05, 0) is 66.1 Å². The van der Waals surface area contributed by atoms with E-state index < -0.39 is 10.0 Å². The van der Waals surface area contributed by atoms with Crippen molar-refractivity contribution in [3.05, 3.63) is 77.6 Å². The molecule has 0 saturated carbocycles. The van der Waals surface area contributed by atoms with Gasteiger partial charge in [0.25, 0.3) is 5.91 Å². The summed E-state index contributed by atoms with van der Waals surface area (Å²) in [5.74, 6) is 1.63. The first-order chi connectivity index (χ1) is 21.8. The van der Waals surface area contributed by atoms with Crippen LogP contribution in [-0.2, 0) is 20.2 Å². The number of benzene rings is 1. The number of nitrogens with one attached hydrogen (secondary N) is 3. The van der Waals surface area contributed by atoms with Gasteiger partial charge in [-0.15, -0.1) is 0 Å². The van der Waals surface area contributed by atoms with Crippen molar-refractivity contribution >= 4 is 32.9 Å². The fourth-order valence-corrected chi connectivity index (χ4v) is 6.04. The summed E-state index contributed by atoms with van der Waals surface area (Å²) in [5, 5.41) is 6.29. The normalized spacial score (nSPS) is 19.4. The van der Waals surface area contributed by atoms with E-state index in [0.29, 0.717) is 28.8 Å². The molecule has 2 aliphatic heterocycles. The highest BCUT2D eigenvalue weighted by atomic mass is 32.2. The lowest BCUT2D eigenvalue weighted by Gasteiger charge is -2.37. The Morgan fingerprint density at radius 2 is 1.91 bits per heavy atom. The predicted molar refractivity (Wildman–Crippen MR) is 183 cm³/mol. The molecule has 2 bridgehead atoms. The van der Waals surface area contributed by atoms with Gasteiger partial charge in [-0.25, -0.2) is 13.4 Å². The summed E-state index contributed by atoms with van der Waals surface area (Å²) in [7, 11) is -0.307. The number of amides is 1. The van der Waals surface area contributed by atoms with Crippen LogP contribution in [0.25, 0.3) is 5.57 Å². The number of sulfonamides is 1. The van der Waals surface area contributed by atoms with E-state index in [1.165, 1.54) is 7.11 Å². The second-order valence-electron chi connectivity index (χ2n) is 12.2. The Kier molecular flexibility index (Phi) is 10.9. The average molecular weight is 651 g/mol. The van der Waals surface area contributed by atoms with Crippen molar-refractivity contribution in [3.8, 4) is 11.6 Å². The number of carbonyl (C=O) groups is 1. The largest absolute Gasteiger partial charge is 0.492 e. The van der Waals surface area contributed by atoms with Crippen LogP contribution in [0.3, 0.4) is 0 Å². The number of ether oxygens (including phenoxy) is 2. The van der Waals surface area contributed by atoms with Gasteiger partial charge in [0.1, 0.15) is 5.76 Å². The van der Waals surface area contributed by atoms with E-state index in [0.717, 1.165) is 43.3 Å². The van der Waals surface area contributed by atoms with E-state index in [-0.39, 0.29) is 34.7 Å². The molecule has 0 fully saturated rings. The number of aromatic nitrogens is 2. The van der Waals surface area contributed by atoms with Crippen molar-refractivity contribution in [2.75, 3.05) is 43.5 Å². The second kappa shape index (κ2) is 14.5. The zero-order valence-electron chi connectivity index (χ0n) is 28.0. The summed E-state index contributed by atoms with van der Waals surface area (Å²) < 4.78 is 38.8. The van der Waals surface area contributed by atoms with Crippen LogP contribution in [-0.4, -0.2) is 68.7 Å². The third-order valence-corrected chi connectivity index (χ3v) is 8.39. The minimum atomic E-state index is -3.61. The number of nitrogens with zero attached hydrogens (tertiary/aromatic N) is 3. The summed E-state index contributed by atoms with van der Waals surface area (Å²) >= 11 is 0. The molecule has 0 radical (unpaired) electrons. The van der Waals surface area contributed by atoms with Crippen LogP contribution in [0.15, 0.2) is 66.2 Å². The molecule has 1 aromatic carbocycles. The quantitative estimate of drug-likeness (QED) is 0.351. The first-order valence-corrected chi connectivity index (χ1v) is 17.5. The van der Waals surface area contributed by atoms with Crippen molar-refractivity contribution in [2.24, 2.45) is 5.92 Å². The SMILES string of the molecule is CC.COc1c(NC(=O)C2=CC3C=CC=C(Oc4ccnc(C5=CCNCC5)n4)C(C3)N2C)cc(C(C)(C)C)cc1NS(C)(=O)=O. The number of allylic oxidation sites excluding steroid dienone is 4. The molecule has 1 aliphatic carbocycles. The van der Waals surface area contributed by atoms with E-state index in [2.05, 4.69) is 31.4 Å². The van der Waals surface area contributed by atoms with Crippen LogP contribution in [0.2, 0.25) is 0 Å². The Balaban J connectivity index is 0.00000235. The number of rotatable bonds is 8.